The summed E-state index contributed by atoms with van der Waals surface area (Å²) in [5.41, 5.74) is 1.39. The molecule has 1 aromatic heterocycles. The molecule has 1 atom stereocenters. The van der Waals surface area contributed by atoms with E-state index in [2.05, 4.69) is 0 Å². The van der Waals surface area contributed by atoms with Crippen LogP contribution in [0.5, 0.6) is 0 Å². The number of rotatable bonds is 2. The molecule has 2 nitrogen and oxygen atoms in total. The van der Waals surface area contributed by atoms with E-state index < -0.39 is 6.10 Å². The van der Waals surface area contributed by atoms with E-state index in [0.717, 1.165) is 11.0 Å². The van der Waals surface area contributed by atoms with Crippen LogP contribution in [0.3, 0.4) is 0 Å². The first-order valence-electron chi connectivity index (χ1n) is 5.76. The SMILES string of the molecule is OC(c1ccc(Cl)c(Cl)c1)c1cc2ccccc2o1. The number of benzene rings is 2. The largest absolute Gasteiger partial charge is 0.458 e. The fourth-order valence-electron chi connectivity index (χ4n) is 1.98. The fourth-order valence-corrected chi connectivity index (χ4v) is 2.29. The van der Waals surface area contributed by atoms with Gasteiger partial charge in [0.1, 0.15) is 17.4 Å². The normalized spacial score (nSPS) is 12.8. The van der Waals surface area contributed by atoms with E-state index in [0.29, 0.717) is 21.4 Å². The summed E-state index contributed by atoms with van der Waals surface area (Å²) >= 11 is 11.8. The Bertz CT molecular complexity index is 701. The van der Waals surface area contributed by atoms with Crippen LogP contribution in [0.4, 0.5) is 0 Å². The van der Waals surface area contributed by atoms with Crippen molar-refractivity contribution in [1.29, 1.82) is 0 Å². The van der Waals surface area contributed by atoms with Crippen molar-refractivity contribution < 1.29 is 9.52 Å². The van der Waals surface area contributed by atoms with Crippen molar-refractivity contribution in [2.45, 2.75) is 6.10 Å². The van der Waals surface area contributed by atoms with E-state index in [4.69, 9.17) is 27.6 Å². The summed E-state index contributed by atoms with van der Waals surface area (Å²) in [4.78, 5) is 0. The third kappa shape index (κ3) is 2.35. The van der Waals surface area contributed by atoms with E-state index in [1.807, 2.05) is 30.3 Å². The Morgan fingerprint density at radius 3 is 2.47 bits per heavy atom. The van der Waals surface area contributed by atoms with Gasteiger partial charge in [-0.3, -0.25) is 0 Å². The first-order chi connectivity index (χ1) is 9.15. The Kier molecular flexibility index (Phi) is 3.23. The first kappa shape index (κ1) is 12.5. The van der Waals surface area contributed by atoms with Gasteiger partial charge in [0, 0.05) is 5.39 Å². The molecule has 3 rings (SSSR count). The van der Waals surface area contributed by atoms with Crippen LogP contribution in [0, 0.1) is 0 Å². The van der Waals surface area contributed by atoms with Crippen LogP contribution in [0.1, 0.15) is 17.4 Å². The smallest absolute Gasteiger partial charge is 0.138 e. The minimum Gasteiger partial charge on any atom is -0.458 e. The second-order valence-corrected chi connectivity index (χ2v) is 5.08. The maximum atomic E-state index is 10.3. The first-order valence-corrected chi connectivity index (χ1v) is 6.52. The predicted molar refractivity (Wildman–Crippen MR) is 76.7 cm³/mol. The molecule has 3 aromatic rings. The molecule has 0 radical (unpaired) electrons. The zero-order valence-corrected chi connectivity index (χ0v) is 11.3. The van der Waals surface area contributed by atoms with Gasteiger partial charge >= 0.3 is 0 Å². The Balaban J connectivity index is 2.02. The maximum Gasteiger partial charge on any atom is 0.138 e. The third-order valence-corrected chi connectivity index (χ3v) is 3.71. The van der Waals surface area contributed by atoms with Crippen molar-refractivity contribution in [3.8, 4) is 0 Å². The summed E-state index contributed by atoms with van der Waals surface area (Å²) in [5, 5.41) is 12.1. The second-order valence-electron chi connectivity index (χ2n) is 4.26. The number of hydrogen-bond donors (Lipinski definition) is 1. The summed E-state index contributed by atoms with van der Waals surface area (Å²) in [7, 11) is 0. The molecular formula is C15H10Cl2O2. The van der Waals surface area contributed by atoms with Gasteiger partial charge in [0.05, 0.1) is 10.0 Å². The molecule has 19 heavy (non-hydrogen) atoms. The van der Waals surface area contributed by atoms with Gasteiger partial charge in [-0.2, -0.15) is 0 Å². The predicted octanol–water partition coefficient (Wildman–Crippen LogP) is 4.82. The van der Waals surface area contributed by atoms with Crippen molar-refractivity contribution in [2.75, 3.05) is 0 Å². The molecule has 0 aliphatic rings. The molecule has 2 aromatic carbocycles. The highest BCUT2D eigenvalue weighted by molar-refractivity contribution is 6.42. The van der Waals surface area contributed by atoms with Gasteiger partial charge in [0.2, 0.25) is 0 Å². The Morgan fingerprint density at radius 2 is 1.74 bits per heavy atom. The molecule has 0 saturated heterocycles. The van der Waals surface area contributed by atoms with Gasteiger partial charge in [-0.15, -0.1) is 0 Å². The van der Waals surface area contributed by atoms with Gasteiger partial charge in [0.25, 0.3) is 0 Å². The Labute approximate surface area is 120 Å². The van der Waals surface area contributed by atoms with Crippen LogP contribution in [-0.4, -0.2) is 5.11 Å². The van der Waals surface area contributed by atoms with E-state index in [1.54, 1.807) is 18.2 Å². The molecule has 1 unspecified atom stereocenters. The summed E-state index contributed by atoms with van der Waals surface area (Å²) in [6.07, 6.45) is -0.859. The van der Waals surface area contributed by atoms with E-state index >= 15 is 0 Å². The molecule has 0 aliphatic heterocycles. The highest BCUT2D eigenvalue weighted by atomic mass is 35.5. The van der Waals surface area contributed by atoms with Crippen molar-refractivity contribution in [3.63, 3.8) is 0 Å². The van der Waals surface area contributed by atoms with Crippen LogP contribution in [0.25, 0.3) is 11.0 Å². The summed E-state index contributed by atoms with van der Waals surface area (Å²) in [5.74, 6) is 0.486. The summed E-state index contributed by atoms with van der Waals surface area (Å²) < 4.78 is 5.63. The van der Waals surface area contributed by atoms with Gasteiger partial charge in [-0.1, -0.05) is 47.5 Å². The molecule has 4 heteroatoms. The summed E-state index contributed by atoms with van der Waals surface area (Å²) in [6, 6.07) is 14.5. The number of hydrogen-bond acceptors (Lipinski definition) is 2. The quantitative estimate of drug-likeness (QED) is 0.734. The molecule has 0 amide bonds. The number of para-hydroxylation sites is 1. The lowest BCUT2D eigenvalue weighted by Gasteiger charge is -2.08. The Hall–Kier alpha value is -1.48. The number of aliphatic hydroxyl groups is 1. The second kappa shape index (κ2) is 4.89. The fraction of sp³-hybridized carbons (Fsp3) is 0.0667. The Morgan fingerprint density at radius 1 is 0.947 bits per heavy atom. The molecular weight excluding hydrogens is 283 g/mol. The maximum absolute atomic E-state index is 10.3. The average Bonchev–Trinajstić information content (AvgIpc) is 2.85. The molecule has 0 bridgehead atoms. The molecule has 0 fully saturated rings. The van der Waals surface area contributed by atoms with Crippen molar-refractivity contribution >= 4 is 34.2 Å². The summed E-state index contributed by atoms with van der Waals surface area (Å²) in [6.45, 7) is 0. The van der Waals surface area contributed by atoms with Gasteiger partial charge in [0.15, 0.2) is 0 Å². The molecule has 96 valence electrons. The van der Waals surface area contributed by atoms with Gasteiger partial charge < -0.3 is 9.52 Å². The standard InChI is InChI=1S/C15H10Cl2O2/c16-11-6-5-10(7-12(11)17)15(18)14-8-9-3-1-2-4-13(9)19-14/h1-8,15,18H. The van der Waals surface area contributed by atoms with E-state index in [9.17, 15) is 5.11 Å². The molecule has 1 heterocycles. The topological polar surface area (TPSA) is 33.4 Å². The van der Waals surface area contributed by atoms with E-state index in [1.165, 1.54) is 0 Å². The van der Waals surface area contributed by atoms with Crippen LogP contribution in [0.15, 0.2) is 52.9 Å². The number of halogens is 2. The molecule has 0 saturated carbocycles. The lowest BCUT2D eigenvalue weighted by atomic mass is 10.1. The lowest BCUT2D eigenvalue weighted by Crippen LogP contribution is -1.97. The third-order valence-electron chi connectivity index (χ3n) is 2.97. The van der Waals surface area contributed by atoms with Crippen molar-refractivity contribution in [2.24, 2.45) is 0 Å². The van der Waals surface area contributed by atoms with Crippen LogP contribution >= 0.6 is 23.2 Å². The van der Waals surface area contributed by atoms with Crippen molar-refractivity contribution in [1.82, 2.24) is 0 Å². The monoisotopic (exact) mass is 292 g/mol. The minimum atomic E-state index is -0.859. The average molecular weight is 293 g/mol. The number of furan rings is 1. The molecule has 1 N–H and O–H groups in total. The van der Waals surface area contributed by atoms with Crippen molar-refractivity contribution in [3.05, 3.63) is 69.9 Å². The minimum absolute atomic E-state index is 0.411. The van der Waals surface area contributed by atoms with E-state index in [-0.39, 0.29) is 0 Å². The van der Waals surface area contributed by atoms with Crippen LogP contribution < -0.4 is 0 Å². The highest BCUT2D eigenvalue weighted by Gasteiger charge is 2.16. The highest BCUT2D eigenvalue weighted by Crippen LogP contribution is 2.31. The molecule has 0 aliphatic carbocycles. The van der Waals surface area contributed by atoms with Gasteiger partial charge in [-0.05, 0) is 29.8 Å². The molecule has 0 spiro atoms. The number of aliphatic hydroxyl groups excluding tert-OH is 1. The van der Waals surface area contributed by atoms with Crippen LogP contribution in [-0.2, 0) is 0 Å². The zero-order chi connectivity index (χ0) is 13.4. The zero-order valence-electron chi connectivity index (χ0n) is 9.81. The number of fused-ring (bicyclic) bond motifs is 1. The van der Waals surface area contributed by atoms with Crippen LogP contribution in [0.2, 0.25) is 10.0 Å². The van der Waals surface area contributed by atoms with Gasteiger partial charge in [-0.25, -0.2) is 0 Å². The lowest BCUT2D eigenvalue weighted by molar-refractivity contribution is 0.192.